The Morgan fingerprint density at radius 1 is 0.650 bits per heavy atom. The minimum Gasteiger partial charge on any atom is -0.450 e. The molecule has 110 valence electrons. The van der Waals surface area contributed by atoms with Crippen LogP contribution in [-0.2, 0) is 9.47 Å². The van der Waals surface area contributed by atoms with Gasteiger partial charge in [0.15, 0.2) is 0 Å². The van der Waals surface area contributed by atoms with Crippen LogP contribution in [0.2, 0.25) is 0 Å². The molecule has 4 N–H and O–H groups in total. The summed E-state index contributed by atoms with van der Waals surface area (Å²) in [4.78, 5) is 36.0. The first-order valence-corrected chi connectivity index (χ1v) is 4.53. The SMILES string of the molecule is O=C(O)O.O=C(O)O.O=C1OC(=O)O1.c1ccccc1. The second-order valence-corrected chi connectivity index (χ2v) is 2.42. The Balaban J connectivity index is 0. The van der Waals surface area contributed by atoms with Crippen molar-refractivity contribution in [3.05, 3.63) is 36.4 Å². The summed E-state index contributed by atoms with van der Waals surface area (Å²) < 4.78 is 7.28. The second kappa shape index (κ2) is 12.2. The highest BCUT2D eigenvalue weighted by molar-refractivity contribution is 5.93. The molecule has 1 heterocycles. The minimum absolute atomic E-state index is 0.917. The molecule has 1 aromatic carbocycles. The number of cyclic esters (lactones) is 4. The van der Waals surface area contributed by atoms with E-state index >= 15 is 0 Å². The van der Waals surface area contributed by atoms with Gasteiger partial charge in [-0.2, -0.15) is 0 Å². The third-order valence-electron chi connectivity index (χ3n) is 1.00. The van der Waals surface area contributed by atoms with Crippen molar-refractivity contribution < 1.29 is 49.1 Å². The Labute approximate surface area is 111 Å². The van der Waals surface area contributed by atoms with Crippen LogP contribution in [0.3, 0.4) is 0 Å². The van der Waals surface area contributed by atoms with Gasteiger partial charge in [0.2, 0.25) is 0 Å². The van der Waals surface area contributed by atoms with Crippen LogP contribution in [0.4, 0.5) is 19.2 Å². The molecule has 0 unspecified atom stereocenters. The van der Waals surface area contributed by atoms with E-state index in [1.165, 1.54) is 0 Å². The monoisotopic (exact) mass is 290 g/mol. The lowest BCUT2D eigenvalue weighted by molar-refractivity contribution is 0.00674. The molecule has 0 aromatic heterocycles. The zero-order valence-corrected chi connectivity index (χ0v) is 9.70. The van der Waals surface area contributed by atoms with Crippen LogP contribution < -0.4 is 0 Å². The molecule has 1 fully saturated rings. The Hall–Kier alpha value is -3.30. The smallest absolute Gasteiger partial charge is 0.450 e. The van der Waals surface area contributed by atoms with Crippen LogP contribution in [0.5, 0.6) is 0 Å². The molecule has 0 atom stereocenters. The quantitative estimate of drug-likeness (QED) is 0.411. The van der Waals surface area contributed by atoms with Crippen molar-refractivity contribution >= 4 is 24.6 Å². The summed E-state index contributed by atoms with van der Waals surface area (Å²) in [5, 5.41) is 27.9. The van der Waals surface area contributed by atoms with Crippen molar-refractivity contribution in [2.75, 3.05) is 0 Å². The summed E-state index contributed by atoms with van der Waals surface area (Å²) in [7, 11) is 0. The lowest BCUT2D eigenvalue weighted by Crippen LogP contribution is -2.27. The second-order valence-electron chi connectivity index (χ2n) is 2.42. The zero-order chi connectivity index (χ0) is 16.0. The summed E-state index contributed by atoms with van der Waals surface area (Å²) in [5.41, 5.74) is 0. The van der Waals surface area contributed by atoms with Gasteiger partial charge >= 0.3 is 24.6 Å². The molecule has 20 heavy (non-hydrogen) atoms. The number of benzene rings is 1. The van der Waals surface area contributed by atoms with Gasteiger partial charge in [0, 0.05) is 0 Å². The molecule has 1 saturated heterocycles. The summed E-state index contributed by atoms with van der Waals surface area (Å²) in [5.74, 6) is 0. The van der Waals surface area contributed by atoms with Crippen molar-refractivity contribution in [1.29, 1.82) is 0 Å². The molecule has 0 radical (unpaired) electrons. The normalized spacial score (nSPS) is 10.2. The average Bonchev–Trinajstić information content (AvgIpc) is 2.29. The maximum Gasteiger partial charge on any atom is 0.528 e. The lowest BCUT2D eigenvalue weighted by Gasteiger charge is -2.05. The average molecular weight is 290 g/mol. The molecule has 0 amide bonds. The highest BCUT2D eigenvalue weighted by Crippen LogP contribution is 2.00. The van der Waals surface area contributed by atoms with Crippen LogP contribution in [0.25, 0.3) is 0 Å². The molecule has 0 aliphatic carbocycles. The summed E-state index contributed by atoms with van der Waals surface area (Å²) in [6, 6.07) is 12.0. The lowest BCUT2D eigenvalue weighted by atomic mass is 10.4. The number of hydrogen-bond acceptors (Lipinski definition) is 6. The van der Waals surface area contributed by atoms with Crippen LogP contribution in [0.15, 0.2) is 36.4 Å². The number of carboxylic acid groups (broad SMARTS) is 4. The highest BCUT2D eigenvalue weighted by Gasteiger charge is 2.27. The molecule has 10 heteroatoms. The van der Waals surface area contributed by atoms with E-state index in [0.717, 1.165) is 0 Å². The third kappa shape index (κ3) is 24.1. The van der Waals surface area contributed by atoms with E-state index in [9.17, 15) is 9.59 Å². The fraction of sp³-hybridized carbons (Fsp3) is 0. The van der Waals surface area contributed by atoms with Crippen molar-refractivity contribution in [1.82, 2.24) is 0 Å². The highest BCUT2D eigenvalue weighted by atomic mass is 16.9. The van der Waals surface area contributed by atoms with Crippen molar-refractivity contribution in [3.63, 3.8) is 0 Å². The standard InChI is InChI=1S/C6H6.C2O4.2CH2O3/c1-2-4-6-5-3-1;3-1-5-2(4)6-1;2*2-1(3)4/h1-6H;;2*(H2,2,3,4). The minimum atomic E-state index is -1.83. The molecule has 10 nitrogen and oxygen atoms in total. The predicted octanol–water partition coefficient (Wildman–Crippen LogP) is 2.40. The van der Waals surface area contributed by atoms with E-state index < -0.39 is 24.6 Å². The van der Waals surface area contributed by atoms with E-state index in [1.54, 1.807) is 0 Å². The molecule has 1 aromatic rings. The summed E-state index contributed by atoms with van der Waals surface area (Å²) in [6.45, 7) is 0. The van der Waals surface area contributed by atoms with Gasteiger partial charge in [-0.1, -0.05) is 36.4 Å². The Morgan fingerprint density at radius 3 is 0.850 bits per heavy atom. The van der Waals surface area contributed by atoms with E-state index in [2.05, 4.69) is 9.47 Å². The maximum absolute atomic E-state index is 9.44. The third-order valence-corrected chi connectivity index (χ3v) is 1.00. The number of ether oxygens (including phenoxy) is 2. The maximum atomic E-state index is 9.44. The summed E-state index contributed by atoms with van der Waals surface area (Å²) >= 11 is 0. The number of carbonyl (C=O) groups is 4. The molecular formula is C10H10O10. The molecular weight excluding hydrogens is 280 g/mol. The first kappa shape index (κ1) is 19.0. The fourth-order valence-corrected chi connectivity index (χ4v) is 0.529. The van der Waals surface area contributed by atoms with Gasteiger partial charge in [-0.05, 0) is 0 Å². The molecule has 1 aliphatic heterocycles. The Kier molecular flexibility index (Phi) is 11.6. The van der Waals surface area contributed by atoms with E-state index in [4.69, 9.17) is 30.0 Å². The molecule has 1 aliphatic rings. The van der Waals surface area contributed by atoms with Gasteiger partial charge in [-0.25, -0.2) is 19.2 Å². The molecule has 0 saturated carbocycles. The van der Waals surface area contributed by atoms with E-state index in [0.29, 0.717) is 0 Å². The van der Waals surface area contributed by atoms with E-state index in [1.807, 2.05) is 36.4 Å². The van der Waals surface area contributed by atoms with Crippen LogP contribution in [0.1, 0.15) is 0 Å². The van der Waals surface area contributed by atoms with Crippen molar-refractivity contribution in [2.45, 2.75) is 0 Å². The van der Waals surface area contributed by atoms with Gasteiger partial charge in [0.25, 0.3) is 0 Å². The van der Waals surface area contributed by atoms with Gasteiger partial charge in [0.05, 0.1) is 0 Å². The number of rotatable bonds is 0. The van der Waals surface area contributed by atoms with E-state index in [-0.39, 0.29) is 0 Å². The topological polar surface area (TPSA) is 168 Å². The summed E-state index contributed by atoms with van der Waals surface area (Å²) in [6.07, 6.45) is -5.50. The number of hydrogen-bond donors (Lipinski definition) is 4. The largest absolute Gasteiger partial charge is 0.528 e. The van der Waals surface area contributed by atoms with Crippen LogP contribution in [-0.4, -0.2) is 45.0 Å². The first-order valence-electron chi connectivity index (χ1n) is 4.53. The van der Waals surface area contributed by atoms with Gasteiger partial charge in [0.1, 0.15) is 0 Å². The fourth-order valence-electron chi connectivity index (χ4n) is 0.529. The molecule has 0 spiro atoms. The van der Waals surface area contributed by atoms with Crippen LogP contribution >= 0.6 is 0 Å². The zero-order valence-electron chi connectivity index (χ0n) is 9.70. The molecule has 2 rings (SSSR count). The van der Waals surface area contributed by atoms with Crippen molar-refractivity contribution in [3.8, 4) is 0 Å². The molecule has 0 bridgehead atoms. The van der Waals surface area contributed by atoms with Gasteiger partial charge in [-0.3, -0.25) is 0 Å². The van der Waals surface area contributed by atoms with Crippen LogP contribution in [0, 0.1) is 0 Å². The van der Waals surface area contributed by atoms with Gasteiger partial charge in [-0.15, -0.1) is 0 Å². The Bertz CT molecular complexity index is 358. The van der Waals surface area contributed by atoms with Gasteiger partial charge < -0.3 is 29.9 Å². The Morgan fingerprint density at radius 2 is 0.800 bits per heavy atom. The predicted molar refractivity (Wildman–Crippen MR) is 60.7 cm³/mol. The number of carbonyl (C=O) groups excluding carboxylic acids is 2. The van der Waals surface area contributed by atoms with Crippen molar-refractivity contribution in [2.24, 2.45) is 0 Å². The first-order chi connectivity index (χ1) is 9.25.